The van der Waals surface area contributed by atoms with Crippen LogP contribution in [0.1, 0.15) is 113 Å². The maximum Gasteiger partial charge on any atom is 0.136 e. The second kappa shape index (κ2) is 7.69. The predicted molar refractivity (Wildman–Crippen MR) is 133 cm³/mol. The maximum absolute atomic E-state index is 12.7. The van der Waals surface area contributed by atoms with E-state index in [0.717, 1.165) is 31.1 Å². The fourth-order valence-electron chi connectivity index (χ4n) is 10.1. The molecule has 1 N–H and O–H groups in total. The first-order valence-corrected chi connectivity index (χ1v) is 13.6. The third kappa shape index (κ3) is 3.40. The molecular weight excluding hydrogens is 392 g/mol. The van der Waals surface area contributed by atoms with Crippen molar-refractivity contribution >= 4 is 5.78 Å². The van der Waals surface area contributed by atoms with Crippen molar-refractivity contribution in [1.29, 1.82) is 0 Å². The van der Waals surface area contributed by atoms with Crippen molar-refractivity contribution in [3.05, 3.63) is 12.2 Å². The number of carbonyl (C=O) groups excluding carboxylic acids is 1. The average molecular weight is 443 g/mol. The quantitative estimate of drug-likeness (QED) is 0.455. The van der Waals surface area contributed by atoms with E-state index < -0.39 is 5.60 Å². The zero-order valence-electron chi connectivity index (χ0n) is 22.3. The number of ketones is 1. The van der Waals surface area contributed by atoms with Gasteiger partial charge in [-0.1, -0.05) is 53.7 Å². The van der Waals surface area contributed by atoms with E-state index in [-0.39, 0.29) is 11.3 Å². The van der Waals surface area contributed by atoms with E-state index in [1.165, 1.54) is 38.5 Å². The Morgan fingerprint density at radius 3 is 2.31 bits per heavy atom. The largest absolute Gasteiger partial charge is 0.386 e. The smallest absolute Gasteiger partial charge is 0.136 e. The molecule has 0 amide bonds. The van der Waals surface area contributed by atoms with E-state index in [0.29, 0.717) is 33.9 Å². The van der Waals surface area contributed by atoms with Gasteiger partial charge in [0.15, 0.2) is 0 Å². The molecule has 0 heterocycles. The standard InChI is InChI=1S/C30H50O2/c1-20(10-9-15-26(3,4)32)22-13-17-30(8)25-14-16-27(5)21(2)23(31)11-12-24(27)28(25,6)18-19-29(22,30)7/h9,15,20-22,24-25,32H,10-14,16-19H2,1-8H3. The number of hydrogen-bond donors (Lipinski definition) is 1. The predicted octanol–water partition coefficient (Wildman–Crippen LogP) is 7.59. The molecule has 0 aromatic heterocycles. The van der Waals surface area contributed by atoms with Gasteiger partial charge in [0.05, 0.1) is 5.60 Å². The van der Waals surface area contributed by atoms with Crippen LogP contribution in [0.25, 0.3) is 0 Å². The number of Topliss-reactive ketones (excluding diaryl/α,β-unsaturated/α-hetero) is 1. The molecule has 4 aliphatic carbocycles. The van der Waals surface area contributed by atoms with Gasteiger partial charge in [-0.3, -0.25) is 4.79 Å². The van der Waals surface area contributed by atoms with Crippen molar-refractivity contribution in [3.8, 4) is 0 Å². The molecule has 9 unspecified atom stereocenters. The molecule has 4 saturated carbocycles. The molecule has 2 heteroatoms. The summed E-state index contributed by atoms with van der Waals surface area (Å²) in [7, 11) is 0. The summed E-state index contributed by atoms with van der Waals surface area (Å²) in [5.74, 6) is 3.67. The molecular formula is C30H50O2. The minimum atomic E-state index is -0.715. The van der Waals surface area contributed by atoms with Crippen LogP contribution in [0.4, 0.5) is 0 Å². The number of carbonyl (C=O) groups is 1. The summed E-state index contributed by atoms with van der Waals surface area (Å²) >= 11 is 0. The van der Waals surface area contributed by atoms with Crippen LogP contribution in [-0.4, -0.2) is 16.5 Å². The third-order valence-electron chi connectivity index (χ3n) is 12.3. The average Bonchev–Trinajstić information content (AvgIpc) is 2.96. The summed E-state index contributed by atoms with van der Waals surface area (Å²) in [5.41, 5.74) is 0.689. The lowest BCUT2D eigenvalue weighted by Crippen LogP contribution is -2.62. The van der Waals surface area contributed by atoms with Gasteiger partial charge in [-0.2, -0.15) is 0 Å². The van der Waals surface area contributed by atoms with Crippen molar-refractivity contribution in [2.24, 2.45) is 51.2 Å². The fourth-order valence-corrected chi connectivity index (χ4v) is 10.1. The molecule has 4 fully saturated rings. The Balaban J connectivity index is 1.60. The number of allylic oxidation sites excluding steroid dienone is 1. The van der Waals surface area contributed by atoms with Crippen LogP contribution in [0.3, 0.4) is 0 Å². The van der Waals surface area contributed by atoms with E-state index in [9.17, 15) is 9.90 Å². The Bertz CT molecular complexity index is 776. The second-order valence-electron chi connectivity index (χ2n) is 14.1. The molecule has 0 aliphatic heterocycles. The summed E-state index contributed by atoms with van der Waals surface area (Å²) in [6.07, 6.45) is 15.2. The zero-order chi connectivity index (χ0) is 23.7. The van der Waals surface area contributed by atoms with Crippen LogP contribution in [0.5, 0.6) is 0 Å². The van der Waals surface area contributed by atoms with Crippen LogP contribution in [-0.2, 0) is 4.79 Å². The number of fused-ring (bicyclic) bond motifs is 5. The van der Waals surface area contributed by atoms with Gasteiger partial charge in [-0.15, -0.1) is 0 Å². The summed E-state index contributed by atoms with van der Waals surface area (Å²) in [6, 6.07) is 0. The van der Waals surface area contributed by atoms with Crippen LogP contribution in [0.2, 0.25) is 0 Å². The number of rotatable bonds is 4. The summed E-state index contributed by atoms with van der Waals surface area (Å²) in [4.78, 5) is 12.7. The molecule has 2 nitrogen and oxygen atoms in total. The van der Waals surface area contributed by atoms with E-state index in [1.807, 2.05) is 19.9 Å². The Kier molecular flexibility index (Phi) is 5.89. The summed E-state index contributed by atoms with van der Waals surface area (Å²) in [5, 5.41) is 10.1. The lowest BCUT2D eigenvalue weighted by atomic mass is 9.35. The maximum atomic E-state index is 12.7. The fraction of sp³-hybridized carbons (Fsp3) is 0.900. The van der Waals surface area contributed by atoms with Gasteiger partial charge in [0.25, 0.3) is 0 Å². The van der Waals surface area contributed by atoms with E-state index >= 15 is 0 Å². The molecule has 4 aliphatic rings. The minimum Gasteiger partial charge on any atom is -0.386 e. The van der Waals surface area contributed by atoms with Crippen molar-refractivity contribution in [2.45, 2.75) is 119 Å². The molecule has 0 radical (unpaired) electrons. The molecule has 0 saturated heterocycles. The Labute approximate surface area is 198 Å². The lowest BCUT2D eigenvalue weighted by Gasteiger charge is -2.69. The highest BCUT2D eigenvalue weighted by Gasteiger charge is 2.69. The first-order valence-electron chi connectivity index (χ1n) is 13.6. The highest BCUT2D eigenvalue weighted by atomic mass is 16.3. The van der Waals surface area contributed by atoms with Gasteiger partial charge < -0.3 is 5.11 Å². The molecule has 32 heavy (non-hydrogen) atoms. The van der Waals surface area contributed by atoms with Gasteiger partial charge in [-0.25, -0.2) is 0 Å². The monoisotopic (exact) mass is 442 g/mol. The number of aliphatic hydroxyl groups is 1. The van der Waals surface area contributed by atoms with E-state index in [2.05, 4.69) is 47.6 Å². The van der Waals surface area contributed by atoms with Gasteiger partial charge in [0.2, 0.25) is 0 Å². The van der Waals surface area contributed by atoms with Gasteiger partial charge in [0, 0.05) is 12.3 Å². The van der Waals surface area contributed by atoms with Crippen molar-refractivity contribution < 1.29 is 9.90 Å². The first kappa shape index (κ1) is 24.5. The zero-order valence-corrected chi connectivity index (χ0v) is 22.3. The van der Waals surface area contributed by atoms with Crippen LogP contribution in [0, 0.1) is 51.2 Å². The minimum absolute atomic E-state index is 0.206. The third-order valence-corrected chi connectivity index (χ3v) is 12.3. The highest BCUT2D eigenvalue weighted by molar-refractivity contribution is 5.82. The number of hydrogen-bond acceptors (Lipinski definition) is 2. The van der Waals surface area contributed by atoms with Gasteiger partial charge in [-0.05, 0) is 111 Å². The molecule has 182 valence electrons. The molecule has 9 atom stereocenters. The Hall–Kier alpha value is -0.630. The van der Waals surface area contributed by atoms with Crippen LogP contribution in [0.15, 0.2) is 12.2 Å². The van der Waals surface area contributed by atoms with Crippen molar-refractivity contribution in [3.63, 3.8) is 0 Å². The normalized spacial score (nSPS) is 50.1. The Morgan fingerprint density at radius 2 is 1.66 bits per heavy atom. The topological polar surface area (TPSA) is 37.3 Å². The van der Waals surface area contributed by atoms with Crippen LogP contribution >= 0.6 is 0 Å². The SMILES string of the molecule is CC(CC=CC(C)(C)O)C1CCC2(C)C3CCC4(C)C(C)C(=O)CCC4C3(C)CCC12C. The molecule has 0 bridgehead atoms. The highest BCUT2D eigenvalue weighted by Crippen LogP contribution is 2.76. The Morgan fingerprint density at radius 1 is 0.969 bits per heavy atom. The van der Waals surface area contributed by atoms with Gasteiger partial charge in [0.1, 0.15) is 5.78 Å². The molecule has 0 spiro atoms. The van der Waals surface area contributed by atoms with Crippen molar-refractivity contribution in [1.82, 2.24) is 0 Å². The van der Waals surface area contributed by atoms with Crippen LogP contribution < -0.4 is 0 Å². The molecule has 0 aromatic rings. The van der Waals surface area contributed by atoms with E-state index in [1.54, 1.807) is 0 Å². The van der Waals surface area contributed by atoms with E-state index in [4.69, 9.17) is 0 Å². The second-order valence-corrected chi connectivity index (χ2v) is 14.1. The lowest BCUT2D eigenvalue weighted by molar-refractivity contribution is -0.202. The molecule has 0 aromatic carbocycles. The first-order chi connectivity index (χ1) is 14.7. The molecule has 4 rings (SSSR count). The van der Waals surface area contributed by atoms with Gasteiger partial charge >= 0.3 is 0 Å². The summed E-state index contributed by atoms with van der Waals surface area (Å²) < 4.78 is 0. The van der Waals surface area contributed by atoms with Crippen molar-refractivity contribution in [2.75, 3.05) is 0 Å². The summed E-state index contributed by atoms with van der Waals surface area (Å²) in [6.45, 7) is 18.8.